The van der Waals surface area contributed by atoms with Crippen molar-refractivity contribution in [2.45, 2.75) is 12.8 Å². The maximum Gasteiger partial charge on any atom is 0.309 e. The number of aromatic nitrogens is 1. The van der Waals surface area contributed by atoms with Crippen molar-refractivity contribution in [2.24, 2.45) is 0 Å². The van der Waals surface area contributed by atoms with Crippen molar-refractivity contribution in [3.63, 3.8) is 0 Å². The number of ether oxygens (including phenoxy) is 1. The molecule has 11 heavy (non-hydrogen) atoms. The van der Waals surface area contributed by atoms with Crippen LogP contribution in [0.15, 0.2) is 10.7 Å². The van der Waals surface area contributed by atoms with Gasteiger partial charge in [-0.25, -0.2) is 0 Å². The summed E-state index contributed by atoms with van der Waals surface area (Å²) in [6.07, 6.45) is 1.24. The van der Waals surface area contributed by atoms with Crippen LogP contribution in [-0.2, 0) is 10.7 Å². The first kappa shape index (κ1) is 8.07. The average molecular weight is 176 g/mol. The first-order valence-corrected chi connectivity index (χ1v) is 3.44. The molecule has 5 heteroatoms. The lowest BCUT2D eigenvalue weighted by Crippen LogP contribution is -2.01. The van der Waals surface area contributed by atoms with Gasteiger partial charge < -0.3 is 9.15 Å². The first-order chi connectivity index (χ1) is 5.22. The largest absolute Gasteiger partial charge is 0.444 e. The predicted octanol–water partition coefficient (Wildman–Crippen LogP) is 1.34. The smallest absolute Gasteiger partial charge is 0.309 e. The quantitative estimate of drug-likeness (QED) is 0.503. The molecule has 0 bridgehead atoms. The minimum atomic E-state index is -0.431. The van der Waals surface area contributed by atoms with Gasteiger partial charge in [-0.05, 0) is 0 Å². The Bertz CT molecular complexity index is 258. The summed E-state index contributed by atoms with van der Waals surface area (Å²) in [7, 11) is 0. The molecule has 0 N–H and O–H groups in total. The number of nitrogens with zero attached hydrogens (tertiary/aromatic N) is 1. The number of alkyl halides is 1. The van der Waals surface area contributed by atoms with Crippen molar-refractivity contribution in [3.8, 4) is 5.88 Å². The Labute approximate surface area is 68.1 Å². The Morgan fingerprint density at radius 1 is 1.91 bits per heavy atom. The van der Waals surface area contributed by atoms with E-state index in [1.165, 1.54) is 13.2 Å². The monoisotopic (exact) mass is 175 g/mol. The standard InChI is InChI=1S/C6H6ClNO3/c1-4(9)11-6-3-10-5(2-7)8-6/h3H,2H2,1H3. The zero-order chi connectivity index (χ0) is 8.27. The average Bonchev–Trinajstić information content (AvgIpc) is 2.34. The van der Waals surface area contributed by atoms with Crippen molar-refractivity contribution in [3.05, 3.63) is 12.2 Å². The number of hydrogen-bond acceptors (Lipinski definition) is 4. The molecular weight excluding hydrogens is 170 g/mol. The van der Waals surface area contributed by atoms with Crippen molar-refractivity contribution in [2.75, 3.05) is 0 Å². The van der Waals surface area contributed by atoms with Crippen LogP contribution in [-0.4, -0.2) is 11.0 Å². The highest BCUT2D eigenvalue weighted by Gasteiger charge is 2.04. The summed E-state index contributed by atoms with van der Waals surface area (Å²) < 4.78 is 9.39. The normalized spacial score (nSPS) is 9.64. The van der Waals surface area contributed by atoms with Crippen LogP contribution in [0.5, 0.6) is 5.88 Å². The molecule has 4 nitrogen and oxygen atoms in total. The fourth-order valence-electron chi connectivity index (χ4n) is 0.550. The zero-order valence-electron chi connectivity index (χ0n) is 5.83. The van der Waals surface area contributed by atoms with E-state index in [-0.39, 0.29) is 11.8 Å². The third-order valence-corrected chi connectivity index (χ3v) is 1.12. The molecule has 0 aliphatic rings. The van der Waals surface area contributed by atoms with Crippen LogP contribution in [0.25, 0.3) is 0 Å². The summed E-state index contributed by atoms with van der Waals surface area (Å²) in [5.41, 5.74) is 0. The lowest BCUT2D eigenvalue weighted by atomic mass is 10.7. The van der Waals surface area contributed by atoms with E-state index in [0.717, 1.165) is 0 Å². The van der Waals surface area contributed by atoms with Gasteiger partial charge >= 0.3 is 5.97 Å². The van der Waals surface area contributed by atoms with E-state index in [4.69, 9.17) is 16.0 Å². The number of hydrogen-bond donors (Lipinski definition) is 0. The van der Waals surface area contributed by atoms with Crippen molar-refractivity contribution in [1.82, 2.24) is 4.98 Å². The molecule has 0 fully saturated rings. The molecule has 0 unspecified atom stereocenters. The van der Waals surface area contributed by atoms with E-state index in [2.05, 4.69) is 9.72 Å². The van der Waals surface area contributed by atoms with Gasteiger partial charge in [0.25, 0.3) is 5.88 Å². The van der Waals surface area contributed by atoms with Gasteiger partial charge in [-0.15, -0.1) is 11.6 Å². The topological polar surface area (TPSA) is 52.3 Å². The number of carbonyl (C=O) groups excluding carboxylic acids is 1. The highest BCUT2D eigenvalue weighted by molar-refractivity contribution is 6.16. The highest BCUT2D eigenvalue weighted by Crippen LogP contribution is 2.11. The van der Waals surface area contributed by atoms with Gasteiger partial charge in [0.15, 0.2) is 6.26 Å². The molecule has 0 aromatic carbocycles. The molecule has 0 atom stereocenters. The third kappa shape index (κ3) is 2.23. The number of rotatable bonds is 2. The molecule has 0 saturated heterocycles. The number of esters is 1. The van der Waals surface area contributed by atoms with Gasteiger partial charge in [0, 0.05) is 6.92 Å². The molecule has 1 rings (SSSR count). The number of carbonyl (C=O) groups is 1. The number of oxazole rings is 1. The van der Waals surface area contributed by atoms with Gasteiger partial charge in [0.2, 0.25) is 5.89 Å². The Hall–Kier alpha value is -1.03. The van der Waals surface area contributed by atoms with E-state index in [1.54, 1.807) is 0 Å². The second-order valence-corrected chi connectivity index (χ2v) is 2.07. The molecule has 0 saturated carbocycles. The summed E-state index contributed by atoms with van der Waals surface area (Å²) in [5.74, 6) is 0.219. The first-order valence-electron chi connectivity index (χ1n) is 2.91. The second kappa shape index (κ2) is 3.39. The summed E-state index contributed by atoms with van der Waals surface area (Å²) in [5, 5.41) is 0. The lowest BCUT2D eigenvalue weighted by molar-refractivity contribution is -0.132. The maximum absolute atomic E-state index is 10.4. The Balaban J connectivity index is 2.65. The molecule has 0 aliphatic heterocycles. The molecule has 0 radical (unpaired) electrons. The summed E-state index contributed by atoms with van der Waals surface area (Å²) in [4.78, 5) is 14.1. The van der Waals surface area contributed by atoms with Gasteiger partial charge in [-0.3, -0.25) is 4.79 Å². The van der Waals surface area contributed by atoms with Crippen LogP contribution in [0.3, 0.4) is 0 Å². The Morgan fingerprint density at radius 2 is 2.64 bits per heavy atom. The van der Waals surface area contributed by atoms with Crippen molar-refractivity contribution in [1.29, 1.82) is 0 Å². The van der Waals surface area contributed by atoms with Crippen molar-refractivity contribution >= 4 is 17.6 Å². The summed E-state index contributed by atoms with van der Waals surface area (Å²) in [6, 6.07) is 0. The van der Waals surface area contributed by atoms with Crippen LogP contribution >= 0.6 is 11.6 Å². The fourth-order valence-corrected chi connectivity index (χ4v) is 0.672. The lowest BCUT2D eigenvalue weighted by Gasteiger charge is -1.90. The molecule has 1 aromatic rings. The molecule has 1 heterocycles. The zero-order valence-corrected chi connectivity index (χ0v) is 6.59. The molecule has 0 spiro atoms. The summed E-state index contributed by atoms with van der Waals surface area (Å²) >= 11 is 5.38. The van der Waals surface area contributed by atoms with E-state index >= 15 is 0 Å². The minimum absolute atomic E-state index is 0.146. The Kier molecular flexibility index (Phi) is 2.48. The van der Waals surface area contributed by atoms with Crippen LogP contribution in [0.4, 0.5) is 0 Å². The molecule has 1 aromatic heterocycles. The molecular formula is C6H6ClNO3. The third-order valence-electron chi connectivity index (χ3n) is 0.893. The Morgan fingerprint density at radius 3 is 3.09 bits per heavy atom. The predicted molar refractivity (Wildman–Crippen MR) is 37.4 cm³/mol. The van der Waals surface area contributed by atoms with Crippen LogP contribution in [0.2, 0.25) is 0 Å². The van der Waals surface area contributed by atoms with Gasteiger partial charge in [0.05, 0.1) is 5.88 Å². The summed E-state index contributed by atoms with van der Waals surface area (Å²) in [6.45, 7) is 1.29. The minimum Gasteiger partial charge on any atom is -0.444 e. The van der Waals surface area contributed by atoms with E-state index in [1.807, 2.05) is 0 Å². The molecule has 60 valence electrons. The maximum atomic E-state index is 10.4. The van der Waals surface area contributed by atoms with Crippen LogP contribution < -0.4 is 4.74 Å². The van der Waals surface area contributed by atoms with Crippen molar-refractivity contribution < 1.29 is 13.9 Å². The molecule has 0 aliphatic carbocycles. The number of halogens is 1. The van der Waals surface area contributed by atoms with E-state index in [9.17, 15) is 4.79 Å². The van der Waals surface area contributed by atoms with Gasteiger partial charge in [-0.2, -0.15) is 4.98 Å². The van der Waals surface area contributed by atoms with Gasteiger partial charge in [-0.1, -0.05) is 0 Å². The van der Waals surface area contributed by atoms with Crippen LogP contribution in [0, 0.1) is 0 Å². The molecule has 0 amide bonds. The van der Waals surface area contributed by atoms with Gasteiger partial charge in [0.1, 0.15) is 0 Å². The second-order valence-electron chi connectivity index (χ2n) is 1.81. The van der Waals surface area contributed by atoms with E-state index in [0.29, 0.717) is 5.89 Å². The SMILES string of the molecule is CC(=O)Oc1coc(CCl)n1. The van der Waals surface area contributed by atoms with Crippen LogP contribution in [0.1, 0.15) is 12.8 Å². The highest BCUT2D eigenvalue weighted by atomic mass is 35.5. The fraction of sp³-hybridized carbons (Fsp3) is 0.333. The van der Waals surface area contributed by atoms with E-state index < -0.39 is 5.97 Å².